The molecule has 1 aliphatic rings. The molecule has 0 amide bonds. The van der Waals surface area contributed by atoms with E-state index in [1.54, 1.807) is 0 Å². The van der Waals surface area contributed by atoms with E-state index in [0.717, 1.165) is 26.2 Å². The first kappa shape index (κ1) is 11.7. The molecule has 1 atom stereocenters. The summed E-state index contributed by atoms with van der Waals surface area (Å²) < 4.78 is 0. The molecule has 0 aromatic carbocycles. The molecule has 0 radical (unpaired) electrons. The zero-order chi connectivity index (χ0) is 10.4. The van der Waals surface area contributed by atoms with E-state index >= 15 is 0 Å². The van der Waals surface area contributed by atoms with E-state index in [4.69, 9.17) is 0 Å². The molecule has 0 aromatic heterocycles. The minimum Gasteiger partial charge on any atom is -0.311 e. The van der Waals surface area contributed by atoms with Gasteiger partial charge < -0.3 is 10.2 Å². The topological polar surface area (TPSA) is 18.5 Å². The molecular weight excluding hydrogens is 174 g/mol. The molecule has 0 saturated carbocycles. The zero-order valence-corrected chi connectivity index (χ0v) is 9.50. The average Bonchev–Trinajstić information content (AvgIpc) is 2.30. The standard InChI is InChI=1S/C11H23N3/c1-4-7-14-8-5-6-12-11(10-14)9-13(2)3/h4,11-12H,1,5-10H2,2-3H3. The Morgan fingerprint density at radius 3 is 3.00 bits per heavy atom. The summed E-state index contributed by atoms with van der Waals surface area (Å²) in [6.07, 6.45) is 3.25. The number of rotatable bonds is 4. The van der Waals surface area contributed by atoms with Crippen molar-refractivity contribution in [2.24, 2.45) is 0 Å². The van der Waals surface area contributed by atoms with Gasteiger partial charge in [-0.15, -0.1) is 6.58 Å². The van der Waals surface area contributed by atoms with E-state index in [2.05, 4.69) is 35.8 Å². The highest BCUT2D eigenvalue weighted by Crippen LogP contribution is 2.01. The lowest BCUT2D eigenvalue weighted by Crippen LogP contribution is -2.44. The van der Waals surface area contributed by atoms with Gasteiger partial charge in [-0.05, 0) is 33.6 Å². The smallest absolute Gasteiger partial charge is 0.0322 e. The summed E-state index contributed by atoms with van der Waals surface area (Å²) in [5.74, 6) is 0. The van der Waals surface area contributed by atoms with Gasteiger partial charge in [0.15, 0.2) is 0 Å². The molecule has 1 heterocycles. The molecule has 0 aliphatic carbocycles. The van der Waals surface area contributed by atoms with Crippen LogP contribution < -0.4 is 5.32 Å². The molecule has 1 saturated heterocycles. The largest absolute Gasteiger partial charge is 0.311 e. The number of nitrogens with zero attached hydrogens (tertiary/aromatic N) is 2. The van der Waals surface area contributed by atoms with Gasteiger partial charge in [-0.25, -0.2) is 0 Å². The highest BCUT2D eigenvalue weighted by atomic mass is 15.2. The fourth-order valence-corrected chi connectivity index (χ4v) is 1.99. The Hall–Kier alpha value is -0.380. The number of hydrogen-bond donors (Lipinski definition) is 1. The minimum absolute atomic E-state index is 0.604. The normalized spacial score (nSPS) is 24.9. The Kier molecular flexibility index (Phi) is 5.15. The molecule has 0 spiro atoms. The Balaban J connectivity index is 2.38. The van der Waals surface area contributed by atoms with Gasteiger partial charge in [-0.1, -0.05) is 6.08 Å². The number of nitrogens with one attached hydrogen (secondary N) is 1. The lowest BCUT2D eigenvalue weighted by atomic mass is 10.2. The van der Waals surface area contributed by atoms with Crippen LogP contribution in [0.2, 0.25) is 0 Å². The van der Waals surface area contributed by atoms with Crippen molar-refractivity contribution >= 4 is 0 Å². The van der Waals surface area contributed by atoms with Gasteiger partial charge in [-0.2, -0.15) is 0 Å². The van der Waals surface area contributed by atoms with Crippen molar-refractivity contribution in [3.8, 4) is 0 Å². The van der Waals surface area contributed by atoms with E-state index in [0.29, 0.717) is 6.04 Å². The van der Waals surface area contributed by atoms with Gasteiger partial charge in [0.2, 0.25) is 0 Å². The molecule has 14 heavy (non-hydrogen) atoms. The lowest BCUT2D eigenvalue weighted by Gasteiger charge is -2.25. The Morgan fingerprint density at radius 1 is 1.57 bits per heavy atom. The van der Waals surface area contributed by atoms with E-state index in [1.807, 2.05) is 6.08 Å². The van der Waals surface area contributed by atoms with Crippen molar-refractivity contribution in [3.63, 3.8) is 0 Å². The van der Waals surface area contributed by atoms with Gasteiger partial charge in [0.05, 0.1) is 0 Å². The van der Waals surface area contributed by atoms with Crippen LogP contribution in [-0.4, -0.2) is 62.7 Å². The Bertz CT molecular complexity index is 168. The Morgan fingerprint density at radius 2 is 2.36 bits per heavy atom. The van der Waals surface area contributed by atoms with Crippen molar-refractivity contribution in [1.82, 2.24) is 15.1 Å². The molecular formula is C11H23N3. The number of hydrogen-bond acceptors (Lipinski definition) is 3. The third-order valence-electron chi connectivity index (χ3n) is 2.54. The molecule has 0 bridgehead atoms. The van der Waals surface area contributed by atoms with Crippen molar-refractivity contribution in [2.75, 3.05) is 46.8 Å². The maximum Gasteiger partial charge on any atom is 0.0322 e. The molecule has 1 unspecified atom stereocenters. The van der Waals surface area contributed by atoms with Crippen LogP contribution in [0.15, 0.2) is 12.7 Å². The van der Waals surface area contributed by atoms with Crippen LogP contribution in [0.25, 0.3) is 0 Å². The summed E-state index contributed by atoms with van der Waals surface area (Å²) in [5, 5.41) is 3.58. The van der Waals surface area contributed by atoms with Crippen LogP contribution in [0.5, 0.6) is 0 Å². The molecule has 1 fully saturated rings. The van der Waals surface area contributed by atoms with Gasteiger partial charge in [0.25, 0.3) is 0 Å². The van der Waals surface area contributed by atoms with Crippen LogP contribution in [0.4, 0.5) is 0 Å². The van der Waals surface area contributed by atoms with Crippen molar-refractivity contribution < 1.29 is 0 Å². The second-order valence-corrected chi connectivity index (χ2v) is 4.32. The number of likely N-dealkylation sites (N-methyl/N-ethyl adjacent to an activating group) is 1. The van der Waals surface area contributed by atoms with Crippen LogP contribution >= 0.6 is 0 Å². The van der Waals surface area contributed by atoms with Gasteiger partial charge in [-0.3, -0.25) is 4.90 Å². The summed E-state index contributed by atoms with van der Waals surface area (Å²) >= 11 is 0. The second kappa shape index (κ2) is 6.17. The molecule has 1 aliphatic heterocycles. The highest BCUT2D eigenvalue weighted by Gasteiger charge is 2.16. The lowest BCUT2D eigenvalue weighted by molar-refractivity contribution is 0.261. The highest BCUT2D eigenvalue weighted by molar-refractivity contribution is 4.82. The van der Waals surface area contributed by atoms with E-state index in [9.17, 15) is 0 Å². The minimum atomic E-state index is 0.604. The van der Waals surface area contributed by atoms with E-state index < -0.39 is 0 Å². The first-order chi connectivity index (χ1) is 6.72. The second-order valence-electron chi connectivity index (χ2n) is 4.32. The molecule has 82 valence electrons. The van der Waals surface area contributed by atoms with Crippen LogP contribution in [-0.2, 0) is 0 Å². The first-order valence-electron chi connectivity index (χ1n) is 5.43. The third-order valence-corrected chi connectivity index (χ3v) is 2.54. The van der Waals surface area contributed by atoms with Crippen LogP contribution in [0, 0.1) is 0 Å². The predicted octanol–water partition coefficient (Wildman–Crippen LogP) is 0.398. The summed E-state index contributed by atoms with van der Waals surface area (Å²) in [6.45, 7) is 9.42. The quantitative estimate of drug-likeness (QED) is 0.658. The summed E-state index contributed by atoms with van der Waals surface area (Å²) in [5.41, 5.74) is 0. The third kappa shape index (κ3) is 4.22. The molecule has 0 aromatic rings. The van der Waals surface area contributed by atoms with Gasteiger partial charge in [0, 0.05) is 25.7 Å². The molecule has 3 nitrogen and oxygen atoms in total. The van der Waals surface area contributed by atoms with Gasteiger partial charge >= 0.3 is 0 Å². The first-order valence-corrected chi connectivity index (χ1v) is 5.43. The van der Waals surface area contributed by atoms with Crippen LogP contribution in [0.3, 0.4) is 0 Å². The molecule has 3 heteroatoms. The van der Waals surface area contributed by atoms with E-state index in [-0.39, 0.29) is 0 Å². The maximum absolute atomic E-state index is 3.80. The van der Waals surface area contributed by atoms with Crippen molar-refractivity contribution in [3.05, 3.63) is 12.7 Å². The average molecular weight is 197 g/mol. The summed E-state index contributed by atoms with van der Waals surface area (Å²) in [4.78, 5) is 4.72. The predicted molar refractivity (Wildman–Crippen MR) is 61.6 cm³/mol. The molecule has 1 rings (SSSR count). The van der Waals surface area contributed by atoms with Crippen molar-refractivity contribution in [2.45, 2.75) is 12.5 Å². The van der Waals surface area contributed by atoms with E-state index in [1.165, 1.54) is 13.0 Å². The fraction of sp³-hybridized carbons (Fsp3) is 0.818. The summed E-state index contributed by atoms with van der Waals surface area (Å²) in [6, 6.07) is 0.604. The fourth-order valence-electron chi connectivity index (χ4n) is 1.99. The maximum atomic E-state index is 3.80. The SMILES string of the molecule is C=CCN1CCCNC(CN(C)C)C1. The zero-order valence-electron chi connectivity index (χ0n) is 9.50. The Labute approximate surface area is 87.8 Å². The van der Waals surface area contributed by atoms with Crippen molar-refractivity contribution in [1.29, 1.82) is 0 Å². The van der Waals surface area contributed by atoms with Gasteiger partial charge in [0.1, 0.15) is 0 Å². The monoisotopic (exact) mass is 197 g/mol. The van der Waals surface area contributed by atoms with Crippen LogP contribution in [0.1, 0.15) is 6.42 Å². The molecule has 1 N–H and O–H groups in total. The summed E-state index contributed by atoms with van der Waals surface area (Å²) in [7, 11) is 4.26.